The second kappa shape index (κ2) is 5.48. The minimum Gasteiger partial charge on any atom is -0.399 e. The van der Waals surface area contributed by atoms with Gasteiger partial charge >= 0.3 is 0 Å². The van der Waals surface area contributed by atoms with Crippen molar-refractivity contribution < 1.29 is 4.79 Å². The summed E-state index contributed by atoms with van der Waals surface area (Å²) in [6, 6.07) is 13.7. The first kappa shape index (κ1) is 13.5. The van der Waals surface area contributed by atoms with Gasteiger partial charge < -0.3 is 16.4 Å². The molecule has 4 nitrogen and oxygen atoms in total. The molecule has 0 radical (unpaired) electrons. The SMILES string of the molecule is Cc1ccccc1Nc1ccc(N)cc1C(=O)NC1CC1. The van der Waals surface area contributed by atoms with Gasteiger partial charge in [-0.3, -0.25) is 4.79 Å². The fraction of sp³-hybridized carbons (Fsp3) is 0.235. The smallest absolute Gasteiger partial charge is 0.253 e. The molecule has 2 aromatic carbocycles. The summed E-state index contributed by atoms with van der Waals surface area (Å²) in [5.41, 5.74) is 9.90. The molecule has 1 saturated carbocycles. The van der Waals surface area contributed by atoms with Crippen molar-refractivity contribution >= 4 is 23.0 Å². The van der Waals surface area contributed by atoms with Crippen molar-refractivity contribution in [1.82, 2.24) is 5.32 Å². The number of carbonyl (C=O) groups excluding carboxylic acids is 1. The number of anilines is 3. The fourth-order valence-electron chi connectivity index (χ4n) is 2.21. The molecule has 0 saturated heterocycles. The number of rotatable bonds is 4. The average molecular weight is 281 g/mol. The van der Waals surface area contributed by atoms with Crippen LogP contribution in [0.3, 0.4) is 0 Å². The van der Waals surface area contributed by atoms with Crippen LogP contribution in [0.1, 0.15) is 28.8 Å². The molecule has 3 rings (SSSR count). The first-order chi connectivity index (χ1) is 10.1. The zero-order chi connectivity index (χ0) is 14.8. The van der Waals surface area contributed by atoms with Crippen LogP contribution in [-0.2, 0) is 0 Å². The van der Waals surface area contributed by atoms with E-state index >= 15 is 0 Å². The van der Waals surface area contributed by atoms with Gasteiger partial charge in [-0.25, -0.2) is 0 Å². The first-order valence-corrected chi connectivity index (χ1v) is 7.16. The monoisotopic (exact) mass is 281 g/mol. The summed E-state index contributed by atoms with van der Waals surface area (Å²) >= 11 is 0. The van der Waals surface area contributed by atoms with Crippen LogP contribution in [0.15, 0.2) is 42.5 Å². The van der Waals surface area contributed by atoms with Crippen LogP contribution in [0, 0.1) is 6.92 Å². The van der Waals surface area contributed by atoms with Crippen molar-refractivity contribution in [2.75, 3.05) is 11.1 Å². The van der Waals surface area contributed by atoms with Crippen LogP contribution in [0.5, 0.6) is 0 Å². The van der Waals surface area contributed by atoms with Crippen LogP contribution in [0.2, 0.25) is 0 Å². The molecule has 1 amide bonds. The van der Waals surface area contributed by atoms with Crippen molar-refractivity contribution in [3.05, 3.63) is 53.6 Å². The first-order valence-electron chi connectivity index (χ1n) is 7.16. The van der Waals surface area contributed by atoms with Gasteiger partial charge in [0.05, 0.1) is 11.3 Å². The Labute approximate surface area is 124 Å². The van der Waals surface area contributed by atoms with E-state index in [9.17, 15) is 4.79 Å². The minimum atomic E-state index is -0.0686. The topological polar surface area (TPSA) is 67.1 Å². The molecular formula is C17H19N3O. The summed E-state index contributed by atoms with van der Waals surface area (Å²) in [6.07, 6.45) is 2.13. The molecule has 0 atom stereocenters. The van der Waals surface area contributed by atoms with Crippen LogP contribution >= 0.6 is 0 Å². The summed E-state index contributed by atoms with van der Waals surface area (Å²) in [5, 5.41) is 6.33. The summed E-state index contributed by atoms with van der Waals surface area (Å²) in [4.78, 5) is 12.3. The van der Waals surface area contributed by atoms with E-state index < -0.39 is 0 Å². The molecule has 4 N–H and O–H groups in total. The third-order valence-electron chi connectivity index (χ3n) is 3.62. The lowest BCUT2D eigenvalue weighted by atomic mass is 10.1. The van der Waals surface area contributed by atoms with Gasteiger partial charge in [0.1, 0.15) is 0 Å². The van der Waals surface area contributed by atoms with Crippen LogP contribution in [0.25, 0.3) is 0 Å². The molecule has 2 aromatic rings. The molecule has 1 aliphatic carbocycles. The number of amides is 1. The van der Waals surface area contributed by atoms with E-state index in [0.29, 0.717) is 17.3 Å². The Bertz CT molecular complexity index is 677. The number of nitrogens with two attached hydrogens (primary N) is 1. The Morgan fingerprint density at radius 1 is 1.14 bits per heavy atom. The Morgan fingerprint density at radius 2 is 1.90 bits per heavy atom. The van der Waals surface area contributed by atoms with E-state index in [0.717, 1.165) is 29.8 Å². The van der Waals surface area contributed by atoms with Gasteiger partial charge in [-0.2, -0.15) is 0 Å². The number of benzene rings is 2. The van der Waals surface area contributed by atoms with E-state index in [1.165, 1.54) is 0 Å². The molecule has 0 unspecified atom stereocenters. The van der Waals surface area contributed by atoms with Gasteiger partial charge in [-0.05, 0) is 49.6 Å². The Hall–Kier alpha value is -2.49. The van der Waals surface area contributed by atoms with E-state index in [4.69, 9.17) is 5.73 Å². The zero-order valence-electron chi connectivity index (χ0n) is 12.0. The van der Waals surface area contributed by atoms with E-state index in [1.807, 2.05) is 37.3 Å². The van der Waals surface area contributed by atoms with E-state index in [2.05, 4.69) is 10.6 Å². The number of nitrogens with one attached hydrogen (secondary N) is 2. The lowest BCUT2D eigenvalue weighted by molar-refractivity contribution is 0.0952. The number of carbonyl (C=O) groups is 1. The normalized spacial score (nSPS) is 13.8. The van der Waals surface area contributed by atoms with E-state index in [-0.39, 0.29) is 5.91 Å². The van der Waals surface area contributed by atoms with Gasteiger partial charge in [0.2, 0.25) is 0 Å². The summed E-state index contributed by atoms with van der Waals surface area (Å²) in [5.74, 6) is -0.0686. The molecule has 0 aliphatic heterocycles. The molecule has 21 heavy (non-hydrogen) atoms. The predicted octanol–water partition coefficient (Wildman–Crippen LogP) is 3.21. The lowest BCUT2D eigenvalue weighted by Gasteiger charge is -2.14. The molecule has 4 heteroatoms. The second-order valence-corrected chi connectivity index (χ2v) is 5.49. The number of para-hydroxylation sites is 1. The van der Waals surface area contributed by atoms with Gasteiger partial charge in [-0.15, -0.1) is 0 Å². The van der Waals surface area contributed by atoms with Crippen molar-refractivity contribution in [2.45, 2.75) is 25.8 Å². The molecule has 0 bridgehead atoms. The highest BCUT2D eigenvalue weighted by Crippen LogP contribution is 2.26. The number of hydrogen-bond donors (Lipinski definition) is 3. The molecule has 0 aromatic heterocycles. The number of nitrogen functional groups attached to an aromatic ring is 1. The number of aryl methyl sites for hydroxylation is 1. The van der Waals surface area contributed by atoms with Crippen molar-refractivity contribution in [2.24, 2.45) is 0 Å². The quantitative estimate of drug-likeness (QED) is 0.754. The zero-order valence-corrected chi connectivity index (χ0v) is 12.0. The largest absolute Gasteiger partial charge is 0.399 e. The third kappa shape index (κ3) is 3.16. The molecule has 108 valence electrons. The molecule has 0 spiro atoms. The molecule has 1 aliphatic rings. The molecule has 0 heterocycles. The van der Waals surface area contributed by atoms with Gasteiger partial charge in [0.25, 0.3) is 5.91 Å². The van der Waals surface area contributed by atoms with Crippen LogP contribution < -0.4 is 16.4 Å². The van der Waals surface area contributed by atoms with Crippen molar-refractivity contribution in [3.63, 3.8) is 0 Å². The summed E-state index contributed by atoms with van der Waals surface area (Å²) < 4.78 is 0. The van der Waals surface area contributed by atoms with E-state index in [1.54, 1.807) is 12.1 Å². The minimum absolute atomic E-state index is 0.0686. The summed E-state index contributed by atoms with van der Waals surface area (Å²) in [6.45, 7) is 2.03. The van der Waals surface area contributed by atoms with Crippen molar-refractivity contribution in [3.8, 4) is 0 Å². The number of hydrogen-bond acceptors (Lipinski definition) is 3. The van der Waals surface area contributed by atoms with Gasteiger partial charge in [0.15, 0.2) is 0 Å². The maximum atomic E-state index is 12.3. The average Bonchev–Trinajstić information content (AvgIpc) is 3.27. The summed E-state index contributed by atoms with van der Waals surface area (Å²) in [7, 11) is 0. The Morgan fingerprint density at radius 3 is 2.62 bits per heavy atom. The van der Waals surface area contributed by atoms with Crippen LogP contribution in [-0.4, -0.2) is 11.9 Å². The van der Waals surface area contributed by atoms with Gasteiger partial charge in [0, 0.05) is 17.4 Å². The Balaban J connectivity index is 1.90. The lowest BCUT2D eigenvalue weighted by Crippen LogP contribution is -2.26. The molecule has 1 fully saturated rings. The van der Waals surface area contributed by atoms with Crippen molar-refractivity contribution in [1.29, 1.82) is 0 Å². The van der Waals surface area contributed by atoms with Gasteiger partial charge in [-0.1, -0.05) is 18.2 Å². The predicted molar refractivity (Wildman–Crippen MR) is 85.8 cm³/mol. The van der Waals surface area contributed by atoms with Crippen LogP contribution in [0.4, 0.5) is 17.1 Å². The standard InChI is InChI=1S/C17H19N3O/c1-11-4-2-3-5-15(11)20-16-9-6-12(18)10-14(16)17(21)19-13-7-8-13/h2-6,9-10,13,20H,7-8,18H2,1H3,(H,19,21). The highest BCUT2D eigenvalue weighted by atomic mass is 16.1. The Kier molecular flexibility index (Phi) is 3.52. The maximum absolute atomic E-state index is 12.3. The second-order valence-electron chi connectivity index (χ2n) is 5.49. The fourth-order valence-corrected chi connectivity index (χ4v) is 2.21. The molecular weight excluding hydrogens is 262 g/mol. The third-order valence-corrected chi connectivity index (χ3v) is 3.62. The maximum Gasteiger partial charge on any atom is 0.253 e. The highest BCUT2D eigenvalue weighted by Gasteiger charge is 2.25. The highest BCUT2D eigenvalue weighted by molar-refractivity contribution is 6.01.